The fourth-order valence-corrected chi connectivity index (χ4v) is 4.20. The smallest absolute Gasteiger partial charge is 0.276 e. The quantitative estimate of drug-likeness (QED) is 0.381. The van der Waals surface area contributed by atoms with Crippen molar-refractivity contribution in [2.24, 2.45) is 0 Å². The number of rotatable bonds is 4. The number of pyridine rings is 1. The molecule has 31 heavy (non-hydrogen) atoms. The van der Waals surface area contributed by atoms with E-state index in [4.69, 9.17) is 11.6 Å². The second-order valence-electron chi connectivity index (χ2n) is 6.96. The predicted molar refractivity (Wildman–Crippen MR) is 124 cm³/mol. The van der Waals surface area contributed by atoms with Gasteiger partial charge in [-0.15, -0.1) is 11.3 Å². The highest BCUT2D eigenvalue weighted by Crippen LogP contribution is 2.29. The number of anilines is 1. The van der Waals surface area contributed by atoms with Gasteiger partial charge in [0.2, 0.25) is 0 Å². The zero-order valence-electron chi connectivity index (χ0n) is 16.4. The van der Waals surface area contributed by atoms with E-state index in [0.717, 1.165) is 27.2 Å². The van der Waals surface area contributed by atoms with Gasteiger partial charge in [0.25, 0.3) is 5.91 Å². The van der Waals surface area contributed by atoms with Crippen molar-refractivity contribution >= 4 is 44.7 Å². The molecule has 1 N–H and O–H groups in total. The number of thiazole rings is 1. The maximum absolute atomic E-state index is 12.9. The van der Waals surface area contributed by atoms with Crippen LogP contribution in [0.4, 0.5) is 5.69 Å². The molecule has 0 aliphatic rings. The average molecular weight is 446 g/mol. The van der Waals surface area contributed by atoms with Crippen molar-refractivity contribution < 1.29 is 4.79 Å². The summed E-state index contributed by atoms with van der Waals surface area (Å²) in [4.78, 5) is 21.9. The molecule has 152 valence electrons. The maximum atomic E-state index is 12.9. The molecule has 0 fully saturated rings. The van der Waals surface area contributed by atoms with Gasteiger partial charge in [0.15, 0.2) is 11.5 Å². The molecule has 0 spiro atoms. The highest BCUT2D eigenvalue weighted by molar-refractivity contribution is 7.16. The number of carbonyl (C=O) groups is 1. The van der Waals surface area contributed by atoms with Crippen molar-refractivity contribution in [1.82, 2.24) is 19.7 Å². The summed E-state index contributed by atoms with van der Waals surface area (Å²) in [7, 11) is 0. The van der Waals surface area contributed by atoms with Crippen LogP contribution in [-0.2, 0) is 0 Å². The van der Waals surface area contributed by atoms with Crippen molar-refractivity contribution in [3.05, 3.63) is 88.7 Å². The summed E-state index contributed by atoms with van der Waals surface area (Å²) in [6.07, 6.45) is 0. The van der Waals surface area contributed by atoms with E-state index >= 15 is 0 Å². The molecular weight excluding hydrogens is 430 g/mol. The molecule has 2 aromatic carbocycles. The highest BCUT2D eigenvalue weighted by atomic mass is 35.5. The van der Waals surface area contributed by atoms with E-state index in [2.05, 4.69) is 26.4 Å². The molecular formula is C23H16ClN5OS. The lowest BCUT2D eigenvalue weighted by Crippen LogP contribution is -2.13. The van der Waals surface area contributed by atoms with Gasteiger partial charge in [-0.25, -0.2) is 14.6 Å². The Labute approximate surface area is 187 Å². The van der Waals surface area contributed by atoms with E-state index in [1.165, 1.54) is 0 Å². The number of hydrogen-bond donors (Lipinski definition) is 1. The topological polar surface area (TPSA) is 72.7 Å². The summed E-state index contributed by atoms with van der Waals surface area (Å²) in [6, 6.07) is 20.5. The normalized spacial score (nSPS) is 11.0. The number of amides is 1. The molecule has 5 rings (SSSR count). The van der Waals surface area contributed by atoms with E-state index in [0.29, 0.717) is 16.5 Å². The Morgan fingerprint density at radius 2 is 1.94 bits per heavy atom. The van der Waals surface area contributed by atoms with Crippen LogP contribution in [-0.4, -0.2) is 25.7 Å². The van der Waals surface area contributed by atoms with Crippen LogP contribution in [0.15, 0.2) is 72.2 Å². The molecule has 0 atom stereocenters. The first-order valence-corrected chi connectivity index (χ1v) is 10.8. The van der Waals surface area contributed by atoms with Crippen LogP contribution in [0.2, 0.25) is 5.02 Å². The molecule has 0 saturated carbocycles. The molecule has 6 nitrogen and oxygen atoms in total. The predicted octanol–water partition coefficient (Wildman–Crippen LogP) is 5.76. The lowest BCUT2D eigenvalue weighted by molar-refractivity contribution is 0.102. The molecule has 3 aromatic heterocycles. The Morgan fingerprint density at radius 3 is 2.77 bits per heavy atom. The van der Waals surface area contributed by atoms with Gasteiger partial charge < -0.3 is 5.32 Å². The van der Waals surface area contributed by atoms with Gasteiger partial charge in [-0.3, -0.25) is 4.79 Å². The van der Waals surface area contributed by atoms with E-state index < -0.39 is 0 Å². The third-order valence-electron chi connectivity index (χ3n) is 4.74. The molecule has 0 aliphatic heterocycles. The van der Waals surface area contributed by atoms with Crippen molar-refractivity contribution in [1.29, 1.82) is 0 Å². The molecule has 1 amide bonds. The zero-order chi connectivity index (χ0) is 21.4. The Kier molecular flexibility index (Phi) is 4.97. The molecule has 8 heteroatoms. The average Bonchev–Trinajstić information content (AvgIpc) is 3.40. The fraction of sp³-hybridized carbons (Fsp3) is 0.0435. The van der Waals surface area contributed by atoms with Crippen LogP contribution >= 0.6 is 22.9 Å². The third-order valence-corrected chi connectivity index (χ3v) is 5.77. The second-order valence-corrected chi connectivity index (χ2v) is 8.29. The first-order chi connectivity index (χ1) is 15.1. The first kappa shape index (κ1) is 19.4. The van der Waals surface area contributed by atoms with Crippen LogP contribution in [0.25, 0.3) is 27.3 Å². The van der Waals surface area contributed by atoms with Crippen LogP contribution in [0.1, 0.15) is 16.2 Å². The van der Waals surface area contributed by atoms with Crippen LogP contribution in [0.3, 0.4) is 0 Å². The highest BCUT2D eigenvalue weighted by Gasteiger charge is 2.18. The molecule has 3 heterocycles. The molecule has 0 radical (unpaired) electrons. The molecule has 0 bridgehead atoms. The fourth-order valence-electron chi connectivity index (χ4n) is 3.29. The number of aryl methyl sites for hydroxylation is 1. The monoisotopic (exact) mass is 445 g/mol. The Balaban J connectivity index is 1.60. The van der Waals surface area contributed by atoms with Gasteiger partial charge in [-0.2, -0.15) is 5.10 Å². The number of nitrogens with one attached hydrogen (secondary N) is 1. The van der Waals surface area contributed by atoms with Gasteiger partial charge in [0.05, 0.1) is 21.4 Å². The van der Waals surface area contributed by atoms with E-state index in [-0.39, 0.29) is 11.6 Å². The number of fused-ring (bicyclic) bond motifs is 1. The van der Waals surface area contributed by atoms with Gasteiger partial charge in [0, 0.05) is 22.0 Å². The van der Waals surface area contributed by atoms with E-state index in [9.17, 15) is 4.79 Å². The lowest BCUT2D eigenvalue weighted by Gasteiger charge is -2.07. The van der Waals surface area contributed by atoms with Crippen molar-refractivity contribution in [3.63, 3.8) is 0 Å². The Morgan fingerprint density at radius 1 is 1.06 bits per heavy atom. The summed E-state index contributed by atoms with van der Waals surface area (Å²) in [5.41, 5.74) is 6.20. The lowest BCUT2D eigenvalue weighted by atomic mass is 10.1. The Hall–Kier alpha value is -3.55. The minimum absolute atomic E-state index is 0.280. The number of hydrogen-bond acceptors (Lipinski definition) is 5. The van der Waals surface area contributed by atoms with Crippen molar-refractivity contribution in [3.8, 4) is 17.1 Å². The van der Waals surface area contributed by atoms with Crippen LogP contribution in [0, 0.1) is 6.92 Å². The van der Waals surface area contributed by atoms with Gasteiger partial charge in [-0.1, -0.05) is 29.8 Å². The van der Waals surface area contributed by atoms with Gasteiger partial charge in [-0.05, 0) is 55.5 Å². The number of nitrogens with zero attached hydrogens (tertiary/aromatic N) is 4. The maximum Gasteiger partial charge on any atom is 0.276 e. The number of carbonyl (C=O) groups excluding carboxylic acids is 1. The van der Waals surface area contributed by atoms with Gasteiger partial charge in [0.1, 0.15) is 0 Å². The number of halogens is 1. The molecule has 0 unspecified atom stereocenters. The summed E-state index contributed by atoms with van der Waals surface area (Å²) >= 11 is 7.60. The molecule has 5 aromatic rings. The summed E-state index contributed by atoms with van der Waals surface area (Å²) in [5, 5.41) is 7.98. The molecule has 0 aliphatic carbocycles. The second kappa shape index (κ2) is 7.94. The van der Waals surface area contributed by atoms with Crippen LogP contribution in [0.5, 0.6) is 0 Å². The molecule has 0 saturated heterocycles. The third kappa shape index (κ3) is 3.93. The summed E-state index contributed by atoms with van der Waals surface area (Å²) in [6.45, 7) is 1.92. The van der Waals surface area contributed by atoms with E-state index in [1.54, 1.807) is 46.4 Å². The summed E-state index contributed by atoms with van der Waals surface area (Å²) < 4.78 is 2.76. The number of aromatic nitrogens is 4. The first-order valence-electron chi connectivity index (χ1n) is 9.51. The minimum atomic E-state index is -0.325. The Bertz CT molecular complexity index is 1420. The zero-order valence-corrected chi connectivity index (χ0v) is 18.0. The SMILES string of the molecule is Cc1cccc(-n2nc(C(=O)Nc3cccc(Cl)c3)cc2-c2ccc3ncsc3c2)n1. The summed E-state index contributed by atoms with van der Waals surface area (Å²) in [5.74, 6) is 0.315. The van der Waals surface area contributed by atoms with Crippen molar-refractivity contribution in [2.75, 3.05) is 5.32 Å². The van der Waals surface area contributed by atoms with Gasteiger partial charge >= 0.3 is 0 Å². The largest absolute Gasteiger partial charge is 0.321 e. The van der Waals surface area contributed by atoms with Crippen molar-refractivity contribution in [2.45, 2.75) is 6.92 Å². The minimum Gasteiger partial charge on any atom is -0.321 e. The number of benzene rings is 2. The standard InChI is InChI=1S/C23H16ClN5OS/c1-14-4-2-7-22(26-14)29-20(15-8-9-18-21(10-15)31-13-25-18)12-19(28-29)23(30)27-17-6-3-5-16(24)11-17/h2-13H,1H3,(H,27,30). The van der Waals surface area contributed by atoms with E-state index in [1.807, 2.05) is 42.8 Å². The van der Waals surface area contributed by atoms with Crippen LogP contribution < -0.4 is 5.32 Å².